The molecule has 0 spiro atoms. The van der Waals surface area contributed by atoms with E-state index in [0.29, 0.717) is 17.8 Å². The van der Waals surface area contributed by atoms with Gasteiger partial charge in [-0.05, 0) is 89.2 Å². The fraction of sp³-hybridized carbons (Fsp3) is 0.489. The van der Waals surface area contributed by atoms with Crippen molar-refractivity contribution in [3.63, 3.8) is 0 Å². The molecule has 0 fully saturated rings. The van der Waals surface area contributed by atoms with Crippen LogP contribution in [0.4, 0.5) is 11.4 Å². The van der Waals surface area contributed by atoms with Crippen molar-refractivity contribution in [1.82, 2.24) is 0 Å². The van der Waals surface area contributed by atoms with Crippen LogP contribution in [0, 0.1) is 0 Å². The molecule has 0 aliphatic carbocycles. The van der Waals surface area contributed by atoms with Crippen LogP contribution in [0.3, 0.4) is 0 Å². The third kappa shape index (κ3) is 12.7. The Morgan fingerprint density at radius 2 is 0.694 bits per heavy atom. The lowest BCUT2D eigenvalue weighted by atomic mass is 9.83. The SMILES string of the molecule is CCCCCCCCCC(Cc1ccc(C(CCCCC)c2ccc(N)cc2)cc1)c1ccc(C(CCCCC)c2ccc(N)cc2)cc1. The Bertz CT molecular complexity index is 1420. The second-order valence-electron chi connectivity index (χ2n) is 14.6. The first-order chi connectivity index (χ1) is 24.0. The molecule has 0 saturated heterocycles. The minimum Gasteiger partial charge on any atom is -0.399 e. The van der Waals surface area contributed by atoms with Gasteiger partial charge in [0.2, 0.25) is 0 Å². The van der Waals surface area contributed by atoms with Gasteiger partial charge in [0.15, 0.2) is 0 Å². The topological polar surface area (TPSA) is 52.0 Å². The quantitative estimate of drug-likeness (QED) is 0.0615. The van der Waals surface area contributed by atoms with Crippen LogP contribution in [0.1, 0.15) is 175 Å². The maximum atomic E-state index is 6.06. The van der Waals surface area contributed by atoms with Crippen LogP contribution in [0.25, 0.3) is 0 Å². The molecule has 49 heavy (non-hydrogen) atoms. The number of nitrogens with two attached hydrogens (primary N) is 2. The molecular formula is C47H66N2. The summed E-state index contributed by atoms with van der Waals surface area (Å²) in [5.74, 6) is 1.37. The molecule has 2 heteroatoms. The number of nitrogen functional groups attached to an aromatic ring is 2. The normalized spacial score (nSPS) is 13.3. The van der Waals surface area contributed by atoms with E-state index in [-0.39, 0.29) is 0 Å². The van der Waals surface area contributed by atoms with Crippen LogP contribution in [0.2, 0.25) is 0 Å². The van der Waals surface area contributed by atoms with Crippen LogP contribution in [-0.4, -0.2) is 0 Å². The predicted molar refractivity (Wildman–Crippen MR) is 216 cm³/mol. The van der Waals surface area contributed by atoms with Crippen molar-refractivity contribution in [3.8, 4) is 0 Å². The van der Waals surface area contributed by atoms with Crippen molar-refractivity contribution in [1.29, 1.82) is 0 Å². The zero-order valence-electron chi connectivity index (χ0n) is 31.1. The van der Waals surface area contributed by atoms with Gasteiger partial charge in [0.25, 0.3) is 0 Å². The van der Waals surface area contributed by atoms with Gasteiger partial charge in [-0.3, -0.25) is 0 Å². The molecule has 0 amide bonds. The zero-order valence-corrected chi connectivity index (χ0v) is 31.1. The summed E-state index contributed by atoms with van der Waals surface area (Å²) in [5.41, 5.74) is 22.3. The third-order valence-corrected chi connectivity index (χ3v) is 10.7. The minimum atomic E-state index is 0.418. The summed E-state index contributed by atoms with van der Waals surface area (Å²) >= 11 is 0. The molecule has 0 radical (unpaired) electrons. The van der Waals surface area contributed by atoms with Gasteiger partial charge < -0.3 is 11.5 Å². The second-order valence-corrected chi connectivity index (χ2v) is 14.6. The molecule has 2 nitrogen and oxygen atoms in total. The highest BCUT2D eigenvalue weighted by Gasteiger charge is 2.18. The summed E-state index contributed by atoms with van der Waals surface area (Å²) in [5, 5.41) is 0. The van der Waals surface area contributed by atoms with Gasteiger partial charge in [-0.25, -0.2) is 0 Å². The molecule has 4 N–H and O–H groups in total. The summed E-state index contributed by atoms with van der Waals surface area (Å²) in [6, 6.07) is 36.5. The maximum absolute atomic E-state index is 6.06. The van der Waals surface area contributed by atoms with Crippen LogP contribution in [0.5, 0.6) is 0 Å². The average Bonchev–Trinajstić information content (AvgIpc) is 3.13. The summed E-state index contributed by atoms with van der Waals surface area (Å²) in [4.78, 5) is 0. The molecule has 264 valence electrons. The number of benzene rings is 4. The number of hydrogen-bond donors (Lipinski definition) is 2. The molecule has 0 saturated carbocycles. The molecule has 0 bridgehead atoms. The Morgan fingerprint density at radius 1 is 0.367 bits per heavy atom. The first kappa shape index (κ1) is 38.3. The van der Waals surface area contributed by atoms with Crippen molar-refractivity contribution in [3.05, 3.63) is 130 Å². The van der Waals surface area contributed by atoms with E-state index in [1.807, 2.05) is 0 Å². The molecule has 0 aliphatic heterocycles. The van der Waals surface area contributed by atoms with Crippen LogP contribution >= 0.6 is 0 Å². The van der Waals surface area contributed by atoms with Crippen molar-refractivity contribution >= 4 is 11.4 Å². The average molecular weight is 659 g/mol. The van der Waals surface area contributed by atoms with Gasteiger partial charge in [0.1, 0.15) is 0 Å². The summed E-state index contributed by atoms with van der Waals surface area (Å²) < 4.78 is 0. The van der Waals surface area contributed by atoms with Gasteiger partial charge in [0.05, 0.1) is 0 Å². The highest BCUT2D eigenvalue weighted by molar-refractivity contribution is 5.44. The van der Waals surface area contributed by atoms with Crippen LogP contribution in [0.15, 0.2) is 97.1 Å². The largest absolute Gasteiger partial charge is 0.399 e. The van der Waals surface area contributed by atoms with E-state index in [0.717, 1.165) is 17.8 Å². The van der Waals surface area contributed by atoms with Crippen molar-refractivity contribution in [2.24, 2.45) is 0 Å². The Kier molecular flexibility index (Phi) is 16.8. The van der Waals surface area contributed by atoms with Crippen molar-refractivity contribution < 1.29 is 0 Å². The monoisotopic (exact) mass is 659 g/mol. The second kappa shape index (κ2) is 21.5. The molecular weight excluding hydrogens is 593 g/mol. The number of hydrogen-bond acceptors (Lipinski definition) is 2. The molecule has 0 heterocycles. The van der Waals surface area contributed by atoms with Gasteiger partial charge in [-0.15, -0.1) is 0 Å². The van der Waals surface area contributed by atoms with E-state index in [9.17, 15) is 0 Å². The van der Waals surface area contributed by atoms with Crippen molar-refractivity contribution in [2.75, 3.05) is 11.5 Å². The minimum absolute atomic E-state index is 0.418. The van der Waals surface area contributed by atoms with Crippen molar-refractivity contribution in [2.45, 2.75) is 148 Å². The molecule has 4 aromatic rings. The molecule has 3 unspecified atom stereocenters. The van der Waals surface area contributed by atoms with E-state index in [2.05, 4.69) is 118 Å². The van der Waals surface area contributed by atoms with Gasteiger partial charge in [-0.1, -0.05) is 177 Å². The fourth-order valence-corrected chi connectivity index (χ4v) is 7.61. The molecule has 4 rings (SSSR count). The summed E-state index contributed by atoms with van der Waals surface area (Å²) in [7, 11) is 0. The molecule has 4 aromatic carbocycles. The Balaban J connectivity index is 1.52. The first-order valence-electron chi connectivity index (χ1n) is 19.9. The summed E-state index contributed by atoms with van der Waals surface area (Å²) in [6.45, 7) is 6.88. The van der Waals surface area contributed by atoms with Crippen LogP contribution < -0.4 is 11.5 Å². The highest BCUT2D eigenvalue weighted by Crippen LogP contribution is 2.35. The lowest BCUT2D eigenvalue weighted by Gasteiger charge is -2.22. The Labute approximate surface area is 300 Å². The fourth-order valence-electron chi connectivity index (χ4n) is 7.61. The smallest absolute Gasteiger partial charge is 0.0314 e. The van der Waals surface area contributed by atoms with Crippen LogP contribution in [-0.2, 0) is 6.42 Å². The van der Waals surface area contributed by atoms with Gasteiger partial charge in [-0.2, -0.15) is 0 Å². The predicted octanol–water partition coefficient (Wildman–Crippen LogP) is 13.7. The lowest BCUT2D eigenvalue weighted by Crippen LogP contribution is -2.06. The number of anilines is 2. The highest BCUT2D eigenvalue weighted by atomic mass is 14.5. The van der Waals surface area contributed by atoms with E-state index in [1.54, 1.807) is 0 Å². The van der Waals surface area contributed by atoms with Gasteiger partial charge >= 0.3 is 0 Å². The first-order valence-corrected chi connectivity index (χ1v) is 19.9. The number of rotatable bonds is 23. The maximum Gasteiger partial charge on any atom is 0.0314 e. The third-order valence-electron chi connectivity index (χ3n) is 10.7. The van der Waals surface area contributed by atoms with E-state index < -0.39 is 0 Å². The van der Waals surface area contributed by atoms with E-state index in [1.165, 1.54) is 136 Å². The zero-order chi connectivity index (χ0) is 34.7. The molecule has 0 aromatic heterocycles. The molecule has 3 atom stereocenters. The summed E-state index contributed by atoms with van der Waals surface area (Å²) in [6.07, 6.45) is 21.7. The standard InChI is InChI=1S/C47H66N2/c1-4-7-10-11-12-13-16-17-43(38-24-26-40(27-25-38)47(19-15-9-6-3)42-30-34-45(49)35-31-42)36-37-20-22-39(23-21-37)46(18-14-8-5-2)41-28-32-44(48)33-29-41/h20-35,43,46-47H,4-19,36,48-49H2,1-3H3. The van der Waals surface area contributed by atoms with E-state index >= 15 is 0 Å². The lowest BCUT2D eigenvalue weighted by molar-refractivity contribution is 0.531. The van der Waals surface area contributed by atoms with Gasteiger partial charge in [0, 0.05) is 23.2 Å². The van der Waals surface area contributed by atoms with E-state index in [4.69, 9.17) is 11.5 Å². The molecule has 0 aliphatic rings. The Hall–Kier alpha value is -3.52. The Morgan fingerprint density at radius 3 is 1.14 bits per heavy atom. The number of unbranched alkanes of at least 4 members (excludes halogenated alkanes) is 10.